The van der Waals surface area contributed by atoms with Crippen molar-refractivity contribution in [3.8, 4) is 0 Å². The van der Waals surface area contributed by atoms with Gasteiger partial charge in [0.05, 0.1) is 0 Å². The number of nitrogens with zero attached hydrogens (tertiary/aromatic N) is 2. The van der Waals surface area contributed by atoms with Crippen LogP contribution in [0.3, 0.4) is 0 Å². The van der Waals surface area contributed by atoms with Crippen LogP contribution in [0.1, 0.15) is 5.56 Å². The number of aromatic nitrogens is 2. The molecule has 0 radical (unpaired) electrons. The van der Waals surface area contributed by atoms with Gasteiger partial charge >= 0.3 is 0 Å². The Morgan fingerprint density at radius 1 is 1.53 bits per heavy atom. The predicted octanol–water partition coefficient (Wildman–Crippen LogP) is 1.36. The largest absolute Gasteiger partial charge is 0.364 e. The fraction of sp³-hybridized carbons (Fsp3) is 0.364. The van der Waals surface area contributed by atoms with Crippen LogP contribution in [0.25, 0.3) is 11.0 Å². The lowest BCUT2D eigenvalue weighted by molar-refractivity contribution is 0.134. The lowest BCUT2D eigenvalue weighted by atomic mass is 10.2. The van der Waals surface area contributed by atoms with Gasteiger partial charge in [-0.15, -0.1) is 0 Å². The molecule has 0 fully saturated rings. The molecule has 0 aliphatic heterocycles. The molecule has 0 saturated heterocycles. The van der Waals surface area contributed by atoms with Crippen LogP contribution >= 0.6 is 0 Å². The van der Waals surface area contributed by atoms with Crippen LogP contribution in [0, 0.1) is 0 Å². The quantitative estimate of drug-likeness (QED) is 0.819. The molecule has 80 valence electrons. The SMILES string of the molecule is CNCc1cn(COC)c2ncccc12. The number of hydrogen-bond acceptors (Lipinski definition) is 3. The van der Waals surface area contributed by atoms with Crippen molar-refractivity contribution in [2.75, 3.05) is 14.2 Å². The Kier molecular flexibility index (Phi) is 2.99. The molecule has 2 heterocycles. The molecule has 2 aromatic heterocycles. The second-order valence-electron chi connectivity index (χ2n) is 3.45. The van der Waals surface area contributed by atoms with Crippen molar-refractivity contribution in [1.82, 2.24) is 14.9 Å². The van der Waals surface area contributed by atoms with E-state index in [4.69, 9.17) is 4.74 Å². The second-order valence-corrected chi connectivity index (χ2v) is 3.45. The first-order chi connectivity index (χ1) is 7.36. The highest BCUT2D eigenvalue weighted by Gasteiger charge is 2.07. The van der Waals surface area contributed by atoms with E-state index >= 15 is 0 Å². The van der Waals surface area contributed by atoms with Crippen LogP contribution in [0.15, 0.2) is 24.5 Å². The minimum Gasteiger partial charge on any atom is -0.364 e. The lowest BCUT2D eigenvalue weighted by Crippen LogP contribution is -2.04. The monoisotopic (exact) mass is 205 g/mol. The summed E-state index contributed by atoms with van der Waals surface area (Å²) in [6.45, 7) is 1.39. The van der Waals surface area contributed by atoms with E-state index in [0.717, 1.165) is 12.2 Å². The third kappa shape index (κ3) is 1.86. The molecule has 4 heteroatoms. The summed E-state index contributed by atoms with van der Waals surface area (Å²) in [5, 5.41) is 4.33. The summed E-state index contributed by atoms with van der Waals surface area (Å²) in [6.07, 6.45) is 3.88. The Hall–Kier alpha value is -1.39. The molecule has 2 rings (SSSR count). The summed E-state index contributed by atoms with van der Waals surface area (Å²) < 4.78 is 7.15. The minimum absolute atomic E-state index is 0.539. The molecule has 0 amide bonds. The molecular weight excluding hydrogens is 190 g/mol. The molecule has 0 atom stereocenters. The Morgan fingerprint density at radius 2 is 2.40 bits per heavy atom. The number of nitrogens with one attached hydrogen (secondary N) is 1. The summed E-state index contributed by atoms with van der Waals surface area (Å²) in [4.78, 5) is 4.36. The van der Waals surface area contributed by atoms with E-state index in [1.807, 2.05) is 17.7 Å². The number of ether oxygens (including phenoxy) is 1. The molecule has 0 spiro atoms. The van der Waals surface area contributed by atoms with Crippen LogP contribution in [-0.4, -0.2) is 23.7 Å². The highest BCUT2D eigenvalue weighted by Crippen LogP contribution is 2.18. The van der Waals surface area contributed by atoms with Crippen molar-refractivity contribution in [1.29, 1.82) is 0 Å². The van der Waals surface area contributed by atoms with Crippen molar-refractivity contribution in [2.24, 2.45) is 0 Å². The molecule has 0 saturated carbocycles. The smallest absolute Gasteiger partial charge is 0.142 e. The van der Waals surface area contributed by atoms with Gasteiger partial charge in [-0.05, 0) is 24.7 Å². The van der Waals surface area contributed by atoms with Crippen LogP contribution in [0.4, 0.5) is 0 Å². The minimum atomic E-state index is 0.539. The van der Waals surface area contributed by atoms with Crippen molar-refractivity contribution < 1.29 is 4.74 Å². The van der Waals surface area contributed by atoms with E-state index in [0.29, 0.717) is 6.73 Å². The van der Waals surface area contributed by atoms with E-state index in [-0.39, 0.29) is 0 Å². The summed E-state index contributed by atoms with van der Waals surface area (Å²) in [6, 6.07) is 4.04. The van der Waals surface area contributed by atoms with Gasteiger partial charge in [-0.25, -0.2) is 4.98 Å². The van der Waals surface area contributed by atoms with Gasteiger partial charge in [-0.3, -0.25) is 0 Å². The Labute approximate surface area is 88.9 Å². The van der Waals surface area contributed by atoms with Gasteiger partial charge in [0.2, 0.25) is 0 Å². The van der Waals surface area contributed by atoms with Crippen molar-refractivity contribution in [3.05, 3.63) is 30.1 Å². The third-order valence-corrected chi connectivity index (χ3v) is 2.35. The van der Waals surface area contributed by atoms with Gasteiger partial charge in [0.1, 0.15) is 12.4 Å². The average molecular weight is 205 g/mol. The Balaban J connectivity index is 2.52. The van der Waals surface area contributed by atoms with Crippen molar-refractivity contribution in [2.45, 2.75) is 13.3 Å². The van der Waals surface area contributed by atoms with Gasteiger partial charge in [0.25, 0.3) is 0 Å². The van der Waals surface area contributed by atoms with E-state index in [1.54, 1.807) is 13.3 Å². The average Bonchev–Trinajstić information content (AvgIpc) is 2.59. The fourth-order valence-electron chi connectivity index (χ4n) is 1.76. The van der Waals surface area contributed by atoms with Crippen LogP contribution in [0.2, 0.25) is 0 Å². The molecule has 0 aliphatic rings. The van der Waals surface area contributed by atoms with E-state index in [2.05, 4.69) is 22.6 Å². The van der Waals surface area contributed by atoms with E-state index < -0.39 is 0 Å². The van der Waals surface area contributed by atoms with E-state index in [9.17, 15) is 0 Å². The summed E-state index contributed by atoms with van der Waals surface area (Å²) in [5.41, 5.74) is 2.22. The van der Waals surface area contributed by atoms with E-state index in [1.165, 1.54) is 10.9 Å². The normalized spacial score (nSPS) is 11.1. The summed E-state index contributed by atoms with van der Waals surface area (Å²) >= 11 is 0. The van der Waals surface area contributed by atoms with Gasteiger partial charge in [-0.1, -0.05) is 0 Å². The number of rotatable bonds is 4. The molecule has 1 N–H and O–H groups in total. The van der Waals surface area contributed by atoms with Crippen LogP contribution < -0.4 is 5.32 Å². The number of pyridine rings is 1. The zero-order valence-corrected chi connectivity index (χ0v) is 9.03. The Bertz CT molecular complexity index is 410. The topological polar surface area (TPSA) is 39.1 Å². The number of methoxy groups -OCH3 is 1. The molecular formula is C11H15N3O. The maximum Gasteiger partial charge on any atom is 0.142 e. The number of hydrogen-bond donors (Lipinski definition) is 1. The maximum atomic E-state index is 5.13. The van der Waals surface area contributed by atoms with Gasteiger partial charge in [0, 0.05) is 31.4 Å². The number of fused-ring (bicyclic) bond motifs is 1. The zero-order valence-electron chi connectivity index (χ0n) is 9.03. The first-order valence-electron chi connectivity index (χ1n) is 4.93. The van der Waals surface area contributed by atoms with Gasteiger partial charge in [-0.2, -0.15) is 0 Å². The zero-order chi connectivity index (χ0) is 10.7. The van der Waals surface area contributed by atoms with Crippen LogP contribution in [-0.2, 0) is 18.0 Å². The van der Waals surface area contributed by atoms with Crippen LogP contribution in [0.5, 0.6) is 0 Å². The first kappa shape index (κ1) is 10.1. The predicted molar refractivity (Wildman–Crippen MR) is 59.5 cm³/mol. The summed E-state index contributed by atoms with van der Waals surface area (Å²) in [5.74, 6) is 0. The lowest BCUT2D eigenvalue weighted by Gasteiger charge is -2.00. The van der Waals surface area contributed by atoms with Gasteiger partial charge < -0.3 is 14.6 Å². The van der Waals surface area contributed by atoms with Gasteiger partial charge in [0.15, 0.2) is 0 Å². The molecule has 4 nitrogen and oxygen atoms in total. The van der Waals surface area contributed by atoms with Crippen molar-refractivity contribution >= 4 is 11.0 Å². The molecule has 0 aliphatic carbocycles. The molecule has 15 heavy (non-hydrogen) atoms. The highest BCUT2D eigenvalue weighted by atomic mass is 16.5. The summed E-state index contributed by atoms with van der Waals surface area (Å²) in [7, 11) is 3.63. The Morgan fingerprint density at radius 3 is 3.13 bits per heavy atom. The second kappa shape index (κ2) is 4.42. The molecule has 2 aromatic rings. The first-order valence-corrected chi connectivity index (χ1v) is 4.93. The maximum absolute atomic E-state index is 5.13. The molecule has 0 bridgehead atoms. The third-order valence-electron chi connectivity index (χ3n) is 2.35. The molecule has 0 aromatic carbocycles. The standard InChI is InChI=1S/C11H15N3O/c1-12-6-9-7-14(8-15-2)11-10(9)4-3-5-13-11/h3-5,7,12H,6,8H2,1-2H3. The fourth-order valence-corrected chi connectivity index (χ4v) is 1.76. The molecule has 0 unspecified atom stereocenters. The highest BCUT2D eigenvalue weighted by molar-refractivity contribution is 5.80. The van der Waals surface area contributed by atoms with Crippen molar-refractivity contribution in [3.63, 3.8) is 0 Å².